The first-order valence-corrected chi connectivity index (χ1v) is 36.7. The highest BCUT2D eigenvalue weighted by Gasteiger charge is 2.39. The van der Waals surface area contributed by atoms with Gasteiger partial charge in [-0.05, 0) is 136 Å². The Morgan fingerprint density at radius 3 is 1.53 bits per heavy atom. The quantitative estimate of drug-likeness (QED) is 0.0446. The summed E-state index contributed by atoms with van der Waals surface area (Å²) < 4.78 is 5.20. The van der Waals surface area contributed by atoms with E-state index < -0.39 is 157 Å². The maximum Gasteiger partial charge on any atom is 0.247 e. The van der Waals surface area contributed by atoms with Crippen molar-refractivity contribution in [3.8, 4) is 5.75 Å². The van der Waals surface area contributed by atoms with Gasteiger partial charge in [-0.2, -0.15) is 0 Å². The van der Waals surface area contributed by atoms with E-state index in [2.05, 4.69) is 26.6 Å². The van der Waals surface area contributed by atoms with Crippen LogP contribution >= 0.6 is 0 Å². The molecule has 1 aromatic carbocycles. The highest BCUT2D eigenvalue weighted by molar-refractivity contribution is 5.95. The van der Waals surface area contributed by atoms with Gasteiger partial charge in [-0.3, -0.25) is 47.9 Å². The summed E-state index contributed by atoms with van der Waals surface area (Å²) >= 11 is 0. The number of carbonyl (C=O) groups is 10. The number of likely N-dealkylation sites (N-methyl/N-ethyl adjacent to an activating group) is 4. The number of ether oxygens (including phenoxy) is 1. The van der Waals surface area contributed by atoms with E-state index in [-0.39, 0.29) is 107 Å². The van der Waals surface area contributed by atoms with E-state index in [1.165, 1.54) is 54.9 Å². The number of methoxy groups -OCH3 is 1. The van der Waals surface area contributed by atoms with Gasteiger partial charge < -0.3 is 92.4 Å². The van der Waals surface area contributed by atoms with Gasteiger partial charge >= 0.3 is 0 Å². The van der Waals surface area contributed by atoms with Crippen LogP contribution in [0.3, 0.4) is 0 Å². The van der Waals surface area contributed by atoms with E-state index in [4.69, 9.17) is 10.5 Å². The molecule has 0 aliphatic carbocycles. The number of nitrogens with zero attached hydrogens (tertiary/aromatic N) is 4. The van der Waals surface area contributed by atoms with Crippen LogP contribution in [0.1, 0.15) is 191 Å². The lowest BCUT2D eigenvalue weighted by atomic mass is 9.87. The summed E-state index contributed by atoms with van der Waals surface area (Å²) in [6.45, 7) is 20.0. The minimum atomic E-state index is -1.44. The Bertz CT molecular complexity index is 2710. The van der Waals surface area contributed by atoms with Crippen molar-refractivity contribution in [1.82, 2.24) is 46.2 Å². The maximum atomic E-state index is 14.3. The van der Waals surface area contributed by atoms with Crippen molar-refractivity contribution in [3.05, 3.63) is 29.8 Å². The molecule has 102 heavy (non-hydrogen) atoms. The summed E-state index contributed by atoms with van der Waals surface area (Å²) in [6, 6.07) is -1.01. The molecule has 28 nitrogen and oxygen atoms in total. The van der Waals surface area contributed by atoms with Crippen LogP contribution in [-0.2, 0) is 54.4 Å². The van der Waals surface area contributed by atoms with E-state index in [0.29, 0.717) is 44.3 Å². The average Bonchev–Trinajstić information content (AvgIpc) is 0.834. The fraction of sp³-hybridized carbons (Fsp3) is 0.784. The lowest BCUT2D eigenvalue weighted by Crippen LogP contribution is -2.59. The second-order valence-corrected chi connectivity index (χ2v) is 29.9. The van der Waals surface area contributed by atoms with Gasteiger partial charge in [0.15, 0.2) is 0 Å². The summed E-state index contributed by atoms with van der Waals surface area (Å²) in [5.74, 6) is -7.49. The van der Waals surface area contributed by atoms with Crippen LogP contribution < -0.4 is 37.1 Å². The number of aliphatic hydroxyl groups excluding tert-OH is 7. The van der Waals surface area contributed by atoms with Crippen LogP contribution in [-0.4, -0.2) is 249 Å². The minimum Gasteiger partial charge on any atom is -0.497 e. The van der Waals surface area contributed by atoms with E-state index in [1.807, 2.05) is 48.5 Å². The standard InChI is InChI=1S/C74H132N10O18/c1-18-20-54(88)30-47(8)31-55(89)32-48(9)33-56(90)34-49(10)35-57(91)38-64(93)78-59(29-44(3)4)74(101)84(16)68(51(12)19-2)72(99)79-60(42-86)69(96)76-39-46(7)21-28-65(94)83(15)67(45(5)6)71(98)80-61(43-87)73(100)81(13)40-50(11)36-66(95)82(14)62(26-27-63(75)92)70(97)77-53(41-85)37-52-22-24-58(102-17)25-23-52/h22-25,44-51,53-57,59-62,67-68,85-91H,18-21,26-43H2,1-17H3,(H2,75,92)(H,76,96)(H,77,97)(H,78,93)(H,79,99)(H,80,98)/t46-,47+,48+,49+,50+,51+,53+,54-,55-,56-,57+,59+,60-,61+,62+,67+,68-/m1/s1. The molecule has 28 heteroatoms. The first-order valence-electron chi connectivity index (χ1n) is 36.7. The van der Waals surface area contributed by atoms with Gasteiger partial charge in [0.25, 0.3) is 0 Å². The largest absolute Gasteiger partial charge is 0.497 e. The molecule has 10 amide bonds. The number of carbonyl (C=O) groups excluding carboxylic acids is 10. The van der Waals surface area contributed by atoms with Crippen molar-refractivity contribution in [3.63, 3.8) is 0 Å². The Kier molecular flexibility index (Phi) is 44.4. The Hall–Kier alpha value is -6.56. The van der Waals surface area contributed by atoms with Gasteiger partial charge in [-0.1, -0.05) is 108 Å². The zero-order valence-electron chi connectivity index (χ0n) is 64.3. The van der Waals surface area contributed by atoms with Crippen LogP contribution in [0.4, 0.5) is 0 Å². The second kappa shape index (κ2) is 48.5. The third kappa shape index (κ3) is 34.8. The number of aliphatic hydroxyl groups is 7. The van der Waals surface area contributed by atoms with E-state index >= 15 is 0 Å². The number of hydrogen-bond acceptors (Lipinski definition) is 18. The second-order valence-electron chi connectivity index (χ2n) is 29.9. The van der Waals surface area contributed by atoms with Crippen LogP contribution in [0.25, 0.3) is 0 Å². The molecule has 586 valence electrons. The van der Waals surface area contributed by atoms with Gasteiger partial charge in [0.05, 0.1) is 63.8 Å². The van der Waals surface area contributed by atoms with Crippen LogP contribution in [0.15, 0.2) is 24.3 Å². The molecule has 17 atom stereocenters. The molecule has 0 heterocycles. The first kappa shape index (κ1) is 93.5. The third-order valence-electron chi connectivity index (χ3n) is 19.0. The van der Waals surface area contributed by atoms with Crippen molar-refractivity contribution < 1.29 is 88.4 Å². The van der Waals surface area contributed by atoms with Gasteiger partial charge in [0, 0.05) is 60.5 Å². The number of amides is 10. The molecule has 0 radical (unpaired) electrons. The predicted molar refractivity (Wildman–Crippen MR) is 389 cm³/mol. The topological polar surface area (TPSA) is 421 Å². The van der Waals surface area contributed by atoms with Gasteiger partial charge in [-0.15, -0.1) is 0 Å². The number of nitrogens with two attached hydrogens (primary N) is 1. The molecule has 0 saturated heterocycles. The van der Waals surface area contributed by atoms with Crippen molar-refractivity contribution in [1.29, 1.82) is 0 Å². The van der Waals surface area contributed by atoms with Gasteiger partial charge in [-0.25, -0.2) is 0 Å². The van der Waals surface area contributed by atoms with Crippen LogP contribution in [0.2, 0.25) is 0 Å². The average molecular weight is 1450 g/mol. The molecular formula is C74H132N10O18. The normalized spacial score (nSPS) is 16.6. The number of rotatable bonds is 52. The summed E-state index contributed by atoms with van der Waals surface area (Å²) in [5.41, 5.74) is 6.22. The lowest BCUT2D eigenvalue weighted by Gasteiger charge is -2.35. The monoisotopic (exact) mass is 1450 g/mol. The molecule has 0 saturated carbocycles. The predicted octanol–water partition coefficient (Wildman–Crippen LogP) is 2.55. The molecule has 0 aliphatic rings. The van der Waals surface area contributed by atoms with Gasteiger partial charge in [0.2, 0.25) is 59.1 Å². The third-order valence-corrected chi connectivity index (χ3v) is 19.0. The number of hydrogen-bond donors (Lipinski definition) is 13. The molecule has 1 rings (SSSR count). The fourth-order valence-electron chi connectivity index (χ4n) is 13.2. The first-order chi connectivity index (χ1) is 47.8. The summed E-state index contributed by atoms with van der Waals surface area (Å²) in [6.07, 6.45) is 1.83. The number of benzene rings is 1. The van der Waals surface area contributed by atoms with Crippen molar-refractivity contribution in [2.24, 2.45) is 53.1 Å². The molecule has 0 fully saturated rings. The fourth-order valence-corrected chi connectivity index (χ4v) is 13.2. The molecule has 0 unspecified atom stereocenters. The molecule has 14 N–H and O–H groups in total. The molecule has 0 aliphatic heterocycles. The molecule has 0 aromatic heterocycles. The summed E-state index contributed by atoms with van der Waals surface area (Å²) in [5, 5.41) is 87.2. The minimum absolute atomic E-state index is 0.0119. The Balaban J connectivity index is 2.94. The number of nitrogens with one attached hydrogen (secondary N) is 5. The van der Waals surface area contributed by atoms with Crippen molar-refractivity contribution >= 4 is 59.1 Å². The highest BCUT2D eigenvalue weighted by Crippen LogP contribution is 2.26. The van der Waals surface area contributed by atoms with Crippen molar-refractivity contribution in [2.75, 3.05) is 68.2 Å². The Morgan fingerprint density at radius 1 is 0.510 bits per heavy atom. The Labute approximate surface area is 607 Å². The van der Waals surface area contributed by atoms with E-state index in [1.54, 1.807) is 58.9 Å². The smallest absolute Gasteiger partial charge is 0.247 e. The van der Waals surface area contributed by atoms with E-state index in [9.17, 15) is 83.7 Å². The molecule has 0 bridgehead atoms. The van der Waals surface area contributed by atoms with Gasteiger partial charge in [0.1, 0.15) is 42.0 Å². The zero-order chi connectivity index (χ0) is 77.8. The SMILES string of the molecule is CCC[C@@H](O)C[C@H](C)C[C@@H](O)C[C@H](C)C[C@@H](O)C[C@H](C)C[C@H](O)CC(=O)N[C@@H](CC(C)C)C(=O)N(C)[C@@H](C(=O)N[C@H](CO)C(=O)NC[C@H](C)CCC(=O)N(C)[C@H](C(=O)N[C@@H](CO)C(=O)N(C)C[C@@H](C)CC(=O)N(C)[C@@H](CCC(N)=O)C(=O)N[C@H](CO)Cc1ccc(OC)cc1)C(C)C)[C@@H](C)CC. The maximum absolute atomic E-state index is 14.3. The number of primary amides is 1. The summed E-state index contributed by atoms with van der Waals surface area (Å²) in [7, 11) is 7.24. The summed E-state index contributed by atoms with van der Waals surface area (Å²) in [4.78, 5) is 141. The van der Waals surface area contributed by atoms with Crippen molar-refractivity contribution in [2.45, 2.75) is 259 Å². The zero-order valence-corrected chi connectivity index (χ0v) is 64.3. The molecule has 0 spiro atoms. The van der Waals surface area contributed by atoms with Crippen LogP contribution in [0.5, 0.6) is 5.75 Å². The Morgan fingerprint density at radius 2 is 1.04 bits per heavy atom. The van der Waals surface area contributed by atoms with E-state index in [0.717, 1.165) is 18.4 Å². The molecule has 1 aromatic rings. The molecular weight excluding hydrogens is 1320 g/mol. The highest BCUT2D eigenvalue weighted by atomic mass is 16.5. The van der Waals surface area contributed by atoms with Crippen LogP contribution in [0, 0.1) is 47.3 Å². The lowest BCUT2D eigenvalue weighted by molar-refractivity contribution is -0.145.